The van der Waals surface area contributed by atoms with E-state index >= 15 is 0 Å². The molecule has 1 heterocycles. The van der Waals surface area contributed by atoms with Crippen LogP contribution in [0.1, 0.15) is 0 Å². The summed E-state index contributed by atoms with van der Waals surface area (Å²) in [6.07, 6.45) is 1.61. The van der Waals surface area contributed by atoms with Crippen molar-refractivity contribution >= 4 is 34.7 Å². The third-order valence-electron chi connectivity index (χ3n) is 1.94. The molecular weight excluding hydrogens is 250 g/mol. The van der Waals surface area contributed by atoms with Crippen LogP contribution < -0.4 is 5.32 Å². The second-order valence-electron chi connectivity index (χ2n) is 3.09. The van der Waals surface area contributed by atoms with Crippen LogP contribution in [-0.4, -0.2) is 4.98 Å². The zero-order valence-electron chi connectivity index (χ0n) is 8.05. The molecule has 0 fully saturated rings. The first kappa shape index (κ1) is 11.2. The fourth-order valence-corrected chi connectivity index (χ4v) is 1.54. The van der Waals surface area contributed by atoms with Crippen molar-refractivity contribution in [2.75, 3.05) is 5.32 Å². The number of pyridine rings is 1. The summed E-state index contributed by atoms with van der Waals surface area (Å²) in [5.74, 6) is 0.0474. The third kappa shape index (κ3) is 2.43. The van der Waals surface area contributed by atoms with Crippen molar-refractivity contribution in [2.24, 2.45) is 0 Å². The molecule has 1 aromatic carbocycles. The molecule has 0 unspecified atom stereocenters. The molecule has 0 radical (unpaired) electrons. The average Bonchev–Trinajstić information content (AvgIpc) is 2.27. The molecule has 0 atom stereocenters. The summed E-state index contributed by atoms with van der Waals surface area (Å²) in [5, 5.41) is 3.49. The maximum atomic E-state index is 12.9. The number of nitrogens with zero attached hydrogens (tertiary/aromatic N) is 1. The van der Waals surface area contributed by atoms with Crippen LogP contribution in [0.25, 0.3) is 0 Å². The van der Waals surface area contributed by atoms with E-state index in [2.05, 4.69) is 10.3 Å². The zero-order valence-corrected chi connectivity index (χ0v) is 9.56. The predicted molar refractivity (Wildman–Crippen MR) is 63.9 cm³/mol. The van der Waals surface area contributed by atoms with Crippen LogP contribution in [0.2, 0.25) is 10.0 Å². The highest BCUT2D eigenvalue weighted by molar-refractivity contribution is 6.33. The second kappa shape index (κ2) is 4.68. The molecule has 5 heteroatoms. The largest absolute Gasteiger partial charge is 0.339 e. The minimum atomic E-state index is -0.459. The van der Waals surface area contributed by atoms with Crippen molar-refractivity contribution in [3.63, 3.8) is 0 Å². The number of rotatable bonds is 2. The molecule has 0 amide bonds. The Balaban J connectivity index is 2.28. The lowest BCUT2D eigenvalue weighted by Gasteiger charge is -2.07. The highest BCUT2D eigenvalue weighted by Crippen LogP contribution is 2.25. The number of halogens is 3. The van der Waals surface area contributed by atoms with Crippen LogP contribution in [0.3, 0.4) is 0 Å². The fraction of sp³-hybridized carbons (Fsp3) is 0. The second-order valence-corrected chi connectivity index (χ2v) is 3.90. The number of aromatic nitrogens is 1. The van der Waals surface area contributed by atoms with Gasteiger partial charge in [0.2, 0.25) is 0 Å². The van der Waals surface area contributed by atoms with Gasteiger partial charge in [-0.3, -0.25) is 0 Å². The van der Waals surface area contributed by atoms with E-state index in [0.29, 0.717) is 16.5 Å². The summed E-state index contributed by atoms with van der Waals surface area (Å²) < 4.78 is 12.9. The van der Waals surface area contributed by atoms with Gasteiger partial charge in [0.25, 0.3) is 0 Å². The summed E-state index contributed by atoms with van der Waals surface area (Å²) in [7, 11) is 0. The minimum absolute atomic E-state index is 0.0528. The van der Waals surface area contributed by atoms with Gasteiger partial charge in [0.05, 0.1) is 10.0 Å². The Kier molecular flexibility index (Phi) is 3.27. The van der Waals surface area contributed by atoms with Gasteiger partial charge in [-0.05, 0) is 30.3 Å². The van der Waals surface area contributed by atoms with Crippen molar-refractivity contribution in [3.8, 4) is 0 Å². The van der Waals surface area contributed by atoms with Gasteiger partial charge < -0.3 is 5.32 Å². The first-order valence-electron chi connectivity index (χ1n) is 4.49. The highest BCUT2D eigenvalue weighted by atomic mass is 35.5. The SMILES string of the molecule is Fc1ccc(Nc2ncccc2Cl)cc1Cl. The fourth-order valence-electron chi connectivity index (χ4n) is 1.19. The summed E-state index contributed by atoms with van der Waals surface area (Å²) >= 11 is 11.6. The number of benzene rings is 1. The molecule has 16 heavy (non-hydrogen) atoms. The first-order valence-corrected chi connectivity index (χ1v) is 5.25. The van der Waals surface area contributed by atoms with E-state index in [0.717, 1.165) is 0 Å². The van der Waals surface area contributed by atoms with E-state index in [4.69, 9.17) is 23.2 Å². The molecule has 0 saturated carbocycles. The van der Waals surface area contributed by atoms with Gasteiger partial charge in [-0.1, -0.05) is 23.2 Å². The summed E-state index contributed by atoms with van der Waals surface area (Å²) in [4.78, 5) is 4.05. The van der Waals surface area contributed by atoms with Crippen LogP contribution in [0.15, 0.2) is 36.5 Å². The summed E-state index contributed by atoms with van der Waals surface area (Å²) in [6.45, 7) is 0. The van der Waals surface area contributed by atoms with Crippen LogP contribution in [0, 0.1) is 5.82 Å². The maximum absolute atomic E-state index is 12.9. The van der Waals surface area contributed by atoms with E-state index in [1.165, 1.54) is 12.1 Å². The third-order valence-corrected chi connectivity index (χ3v) is 2.54. The quantitative estimate of drug-likeness (QED) is 0.868. The van der Waals surface area contributed by atoms with Gasteiger partial charge in [0.15, 0.2) is 0 Å². The van der Waals surface area contributed by atoms with Crippen molar-refractivity contribution in [3.05, 3.63) is 52.4 Å². The van der Waals surface area contributed by atoms with Crippen molar-refractivity contribution < 1.29 is 4.39 Å². The lowest BCUT2D eigenvalue weighted by molar-refractivity contribution is 0.628. The standard InChI is InChI=1S/C11H7Cl2FN2/c12-8-2-1-5-15-11(8)16-7-3-4-10(14)9(13)6-7/h1-6H,(H,15,16). The molecule has 0 aliphatic carbocycles. The molecule has 0 aliphatic heterocycles. The number of hydrogen-bond acceptors (Lipinski definition) is 2. The number of nitrogens with one attached hydrogen (secondary N) is 1. The Morgan fingerprint density at radius 3 is 2.62 bits per heavy atom. The van der Waals surface area contributed by atoms with Crippen molar-refractivity contribution in [1.82, 2.24) is 4.98 Å². The van der Waals surface area contributed by atoms with Gasteiger partial charge in [0, 0.05) is 11.9 Å². The first-order chi connectivity index (χ1) is 7.66. The molecule has 1 N–H and O–H groups in total. The smallest absolute Gasteiger partial charge is 0.149 e. The Morgan fingerprint density at radius 1 is 1.12 bits per heavy atom. The molecule has 82 valence electrons. The minimum Gasteiger partial charge on any atom is -0.339 e. The van der Waals surface area contributed by atoms with Crippen LogP contribution >= 0.6 is 23.2 Å². The van der Waals surface area contributed by atoms with Gasteiger partial charge in [-0.2, -0.15) is 0 Å². The van der Waals surface area contributed by atoms with Crippen molar-refractivity contribution in [2.45, 2.75) is 0 Å². The van der Waals surface area contributed by atoms with Crippen molar-refractivity contribution in [1.29, 1.82) is 0 Å². The lowest BCUT2D eigenvalue weighted by atomic mass is 10.3. The molecule has 0 aliphatic rings. The Bertz CT molecular complexity index is 517. The Labute approximate surface area is 102 Å². The zero-order chi connectivity index (χ0) is 11.5. The summed E-state index contributed by atoms with van der Waals surface area (Å²) in [6, 6.07) is 7.75. The van der Waals surface area contributed by atoms with E-state index in [1.54, 1.807) is 24.4 Å². The van der Waals surface area contributed by atoms with E-state index in [9.17, 15) is 4.39 Å². The normalized spacial score (nSPS) is 10.2. The van der Waals surface area contributed by atoms with E-state index < -0.39 is 5.82 Å². The van der Waals surface area contributed by atoms with Crippen LogP contribution in [0.5, 0.6) is 0 Å². The number of hydrogen-bond donors (Lipinski definition) is 1. The molecule has 2 aromatic rings. The highest BCUT2D eigenvalue weighted by Gasteiger charge is 2.03. The van der Waals surface area contributed by atoms with Crippen LogP contribution in [-0.2, 0) is 0 Å². The van der Waals surface area contributed by atoms with Gasteiger partial charge in [0.1, 0.15) is 11.6 Å². The van der Waals surface area contributed by atoms with Gasteiger partial charge in [-0.25, -0.2) is 9.37 Å². The molecule has 0 saturated heterocycles. The molecule has 1 aromatic heterocycles. The van der Waals surface area contributed by atoms with E-state index in [1.807, 2.05) is 0 Å². The molecule has 2 nitrogen and oxygen atoms in total. The lowest BCUT2D eigenvalue weighted by Crippen LogP contribution is -1.94. The average molecular weight is 257 g/mol. The number of anilines is 2. The Hall–Kier alpha value is -1.32. The van der Waals surface area contributed by atoms with E-state index in [-0.39, 0.29) is 5.02 Å². The topological polar surface area (TPSA) is 24.9 Å². The van der Waals surface area contributed by atoms with Crippen LogP contribution in [0.4, 0.5) is 15.9 Å². The Morgan fingerprint density at radius 2 is 1.94 bits per heavy atom. The molecule has 0 bridgehead atoms. The molecule has 0 spiro atoms. The monoisotopic (exact) mass is 256 g/mol. The van der Waals surface area contributed by atoms with Gasteiger partial charge in [-0.15, -0.1) is 0 Å². The van der Waals surface area contributed by atoms with Gasteiger partial charge >= 0.3 is 0 Å². The maximum Gasteiger partial charge on any atom is 0.149 e. The predicted octanol–water partition coefficient (Wildman–Crippen LogP) is 4.27. The summed E-state index contributed by atoms with van der Waals surface area (Å²) in [5.41, 5.74) is 0.631. The molecular formula is C11H7Cl2FN2. The molecule has 2 rings (SSSR count).